The van der Waals surface area contributed by atoms with Crippen molar-refractivity contribution >= 4 is 17.8 Å². The van der Waals surface area contributed by atoms with Crippen LogP contribution >= 0.6 is 0 Å². The summed E-state index contributed by atoms with van der Waals surface area (Å²) in [5.41, 5.74) is 0.352. The Morgan fingerprint density at radius 2 is 2.04 bits per heavy atom. The molecule has 2 rings (SSSR count). The topological polar surface area (TPSA) is 93.7 Å². The van der Waals surface area contributed by atoms with Crippen molar-refractivity contribution in [2.45, 2.75) is 12.1 Å². The van der Waals surface area contributed by atoms with E-state index < -0.39 is 53.8 Å². The van der Waals surface area contributed by atoms with Crippen molar-refractivity contribution in [2.24, 2.45) is 5.92 Å². The molecule has 1 unspecified atom stereocenters. The lowest BCUT2D eigenvalue weighted by atomic mass is 9.87. The van der Waals surface area contributed by atoms with E-state index in [1.165, 1.54) is 0 Å². The number of ether oxygens (including phenoxy) is 1. The van der Waals surface area contributed by atoms with Crippen LogP contribution in [0.4, 0.5) is 17.6 Å². The van der Waals surface area contributed by atoms with Crippen molar-refractivity contribution in [1.82, 2.24) is 10.8 Å². The summed E-state index contributed by atoms with van der Waals surface area (Å²) < 4.78 is 56.3. The van der Waals surface area contributed by atoms with E-state index in [0.29, 0.717) is 12.1 Å². The summed E-state index contributed by atoms with van der Waals surface area (Å²) in [5.74, 6) is -6.30. The molecule has 1 aromatic carbocycles. The van der Waals surface area contributed by atoms with Gasteiger partial charge in [0.2, 0.25) is 5.91 Å². The highest BCUT2D eigenvalue weighted by molar-refractivity contribution is 6.02. The number of benzene rings is 1. The van der Waals surface area contributed by atoms with Crippen molar-refractivity contribution in [2.75, 3.05) is 20.3 Å². The predicted octanol–water partition coefficient (Wildman–Crippen LogP) is 0.895. The Morgan fingerprint density at radius 1 is 1.35 bits per heavy atom. The number of methoxy groups -OCH3 is 1. The number of carbonyl (C=O) groups is 3. The standard InChI is InChI=1S/C15H14F4N2O5/c1-25-11(22)6-26-21-14(24)12-8(5-20-13(12)23)7-2-3-10(16)9(4-7)15(17,18)19/h2-4,8,12H,5-6H2,1H3,(H,20,23)(H,21,24)/t8-,12?/m1/s1. The first-order chi connectivity index (χ1) is 12.1. The van der Waals surface area contributed by atoms with Crippen LogP contribution < -0.4 is 10.8 Å². The molecule has 142 valence electrons. The average molecular weight is 378 g/mol. The molecule has 1 aliphatic heterocycles. The third-order valence-electron chi connectivity index (χ3n) is 3.78. The SMILES string of the molecule is COC(=O)CONC(=O)C1C(=O)NC[C@@H]1c1ccc(F)c(C(F)(F)F)c1. The highest BCUT2D eigenvalue weighted by atomic mass is 19.4. The number of hydrogen-bond donors (Lipinski definition) is 2. The number of hydrogen-bond acceptors (Lipinski definition) is 5. The van der Waals surface area contributed by atoms with Crippen LogP contribution in [0, 0.1) is 11.7 Å². The highest BCUT2D eigenvalue weighted by Gasteiger charge is 2.43. The quantitative estimate of drug-likeness (QED) is 0.344. The van der Waals surface area contributed by atoms with E-state index in [2.05, 4.69) is 14.9 Å². The third kappa shape index (κ3) is 4.28. The molecule has 2 N–H and O–H groups in total. The Morgan fingerprint density at radius 3 is 2.65 bits per heavy atom. The molecular formula is C15H14F4N2O5. The molecule has 0 radical (unpaired) electrons. The van der Waals surface area contributed by atoms with Gasteiger partial charge in [0.1, 0.15) is 11.7 Å². The molecule has 0 spiro atoms. The van der Waals surface area contributed by atoms with Gasteiger partial charge in [0.05, 0.1) is 12.7 Å². The van der Waals surface area contributed by atoms with Gasteiger partial charge in [-0.05, 0) is 17.7 Å². The lowest BCUT2D eigenvalue weighted by Gasteiger charge is -2.18. The fourth-order valence-electron chi connectivity index (χ4n) is 2.51. The lowest BCUT2D eigenvalue weighted by molar-refractivity contribution is -0.154. The zero-order chi connectivity index (χ0) is 19.5. The first-order valence-electron chi connectivity index (χ1n) is 7.28. The molecule has 0 bridgehead atoms. The van der Waals surface area contributed by atoms with Crippen molar-refractivity contribution < 1.29 is 41.5 Å². The third-order valence-corrected chi connectivity index (χ3v) is 3.78. The van der Waals surface area contributed by atoms with E-state index in [9.17, 15) is 31.9 Å². The van der Waals surface area contributed by atoms with Crippen molar-refractivity contribution in [3.63, 3.8) is 0 Å². The Kier molecular flexibility index (Phi) is 5.80. The zero-order valence-electron chi connectivity index (χ0n) is 13.4. The molecule has 26 heavy (non-hydrogen) atoms. The normalized spacial score (nSPS) is 19.8. The summed E-state index contributed by atoms with van der Waals surface area (Å²) in [7, 11) is 1.10. The molecule has 11 heteroatoms. The minimum absolute atomic E-state index is 0.0369. The molecule has 1 saturated heterocycles. The fourth-order valence-corrected chi connectivity index (χ4v) is 2.51. The number of halogens is 4. The zero-order valence-corrected chi connectivity index (χ0v) is 13.4. The number of amides is 2. The summed E-state index contributed by atoms with van der Waals surface area (Å²) in [6.07, 6.45) is -4.92. The van der Waals surface area contributed by atoms with Gasteiger partial charge in [0, 0.05) is 12.5 Å². The van der Waals surface area contributed by atoms with Crippen LogP contribution in [-0.2, 0) is 30.1 Å². The number of carbonyl (C=O) groups excluding carboxylic acids is 3. The molecule has 0 saturated carbocycles. The largest absolute Gasteiger partial charge is 0.467 e. The van der Waals surface area contributed by atoms with Crippen LogP contribution in [0.5, 0.6) is 0 Å². The van der Waals surface area contributed by atoms with E-state index >= 15 is 0 Å². The molecule has 0 aromatic heterocycles. The van der Waals surface area contributed by atoms with Gasteiger partial charge < -0.3 is 10.1 Å². The number of esters is 1. The second-order valence-electron chi connectivity index (χ2n) is 5.40. The van der Waals surface area contributed by atoms with E-state index in [-0.39, 0.29) is 12.1 Å². The van der Waals surface area contributed by atoms with Crippen LogP contribution in [0.3, 0.4) is 0 Å². The van der Waals surface area contributed by atoms with Crippen LogP contribution in [0.1, 0.15) is 17.0 Å². The van der Waals surface area contributed by atoms with E-state index in [0.717, 1.165) is 13.2 Å². The first kappa shape index (κ1) is 19.6. The molecule has 2 atom stereocenters. The molecule has 7 nitrogen and oxygen atoms in total. The maximum Gasteiger partial charge on any atom is 0.419 e. The second-order valence-corrected chi connectivity index (χ2v) is 5.40. The van der Waals surface area contributed by atoms with Gasteiger partial charge in [-0.25, -0.2) is 14.7 Å². The molecule has 1 heterocycles. The van der Waals surface area contributed by atoms with Gasteiger partial charge >= 0.3 is 12.1 Å². The summed E-state index contributed by atoms with van der Waals surface area (Å²) in [6.45, 7) is -0.729. The molecular weight excluding hydrogens is 364 g/mol. The lowest BCUT2D eigenvalue weighted by Crippen LogP contribution is -2.38. The van der Waals surface area contributed by atoms with Crippen molar-refractivity contribution in [3.8, 4) is 0 Å². The Labute approximate surface area is 144 Å². The Balaban J connectivity index is 2.19. The Bertz CT molecular complexity index is 722. The first-order valence-corrected chi connectivity index (χ1v) is 7.28. The van der Waals surface area contributed by atoms with E-state index in [4.69, 9.17) is 0 Å². The maximum atomic E-state index is 13.4. The summed E-state index contributed by atoms with van der Waals surface area (Å²) >= 11 is 0. The average Bonchev–Trinajstić information content (AvgIpc) is 2.95. The van der Waals surface area contributed by atoms with Crippen LogP contribution in [-0.4, -0.2) is 38.0 Å². The molecule has 1 aliphatic rings. The van der Waals surface area contributed by atoms with Gasteiger partial charge in [-0.3, -0.25) is 14.4 Å². The monoisotopic (exact) mass is 378 g/mol. The van der Waals surface area contributed by atoms with Gasteiger partial charge in [0.15, 0.2) is 6.61 Å². The summed E-state index contributed by atoms with van der Waals surface area (Å²) in [4.78, 5) is 39.5. The minimum Gasteiger partial charge on any atom is -0.467 e. The van der Waals surface area contributed by atoms with Crippen molar-refractivity contribution in [3.05, 3.63) is 35.1 Å². The van der Waals surface area contributed by atoms with Crippen LogP contribution in [0.2, 0.25) is 0 Å². The van der Waals surface area contributed by atoms with Crippen LogP contribution in [0.25, 0.3) is 0 Å². The summed E-state index contributed by atoms with van der Waals surface area (Å²) in [6, 6.07) is 2.27. The number of rotatable bonds is 5. The molecule has 1 fully saturated rings. The van der Waals surface area contributed by atoms with E-state index in [1.807, 2.05) is 5.48 Å². The minimum atomic E-state index is -4.92. The number of alkyl halides is 3. The molecule has 1 aromatic rings. The second kappa shape index (κ2) is 7.68. The van der Waals surface area contributed by atoms with Crippen molar-refractivity contribution in [1.29, 1.82) is 0 Å². The van der Waals surface area contributed by atoms with Gasteiger partial charge in [0.25, 0.3) is 5.91 Å². The van der Waals surface area contributed by atoms with Crippen LogP contribution in [0.15, 0.2) is 18.2 Å². The number of hydroxylamine groups is 1. The smallest absolute Gasteiger partial charge is 0.419 e. The van der Waals surface area contributed by atoms with Gasteiger partial charge in [-0.15, -0.1) is 0 Å². The maximum absolute atomic E-state index is 13.4. The predicted molar refractivity (Wildman–Crippen MR) is 76.8 cm³/mol. The highest BCUT2D eigenvalue weighted by Crippen LogP contribution is 2.36. The number of nitrogens with one attached hydrogen (secondary N) is 2. The van der Waals surface area contributed by atoms with Gasteiger partial charge in [-0.2, -0.15) is 13.2 Å². The molecule has 2 amide bonds. The molecule has 0 aliphatic carbocycles. The van der Waals surface area contributed by atoms with E-state index in [1.54, 1.807) is 0 Å². The van der Waals surface area contributed by atoms with Gasteiger partial charge in [-0.1, -0.05) is 6.07 Å². The summed E-state index contributed by atoms with van der Waals surface area (Å²) in [5, 5.41) is 2.36. The Hall–Kier alpha value is -2.69. The fraction of sp³-hybridized carbons (Fsp3) is 0.400.